The number of carboxylic acids is 1. The molecule has 8 bridgehead atoms. The number of rotatable bonds is 7. The molecule has 6 heterocycles. The highest BCUT2D eigenvalue weighted by Gasteiger charge is 2.41. The Hall–Kier alpha value is -3.44. The number of carbonyl (C=O) groups is 1. The molecule has 0 aromatic carbocycles. The Labute approximate surface area is 263 Å². The van der Waals surface area contributed by atoms with Crippen molar-refractivity contribution < 1.29 is 24.8 Å². The lowest BCUT2D eigenvalue weighted by atomic mass is 9.96. The molecule has 6 rings (SSSR count). The summed E-state index contributed by atoms with van der Waals surface area (Å²) in [7, 11) is 0. The van der Waals surface area contributed by atoms with Gasteiger partial charge in [-0.2, -0.15) is 9.78 Å². The molecule has 44 heavy (non-hydrogen) atoms. The monoisotopic (exact) mass is 618 g/mol. The molecular weight excluding hydrogens is 576 g/mol. The second-order valence-corrected chi connectivity index (χ2v) is 13.0. The van der Waals surface area contributed by atoms with E-state index in [1.54, 1.807) is 0 Å². The van der Waals surface area contributed by atoms with Gasteiger partial charge >= 0.3 is 5.97 Å². The lowest BCUT2D eigenvalue weighted by Gasteiger charge is -2.25. The molecule has 0 saturated carbocycles. The topological polar surface area (TPSA) is 134 Å². The number of aliphatic carboxylic acids is 1. The van der Waals surface area contributed by atoms with E-state index < -0.39 is 11.7 Å². The number of nitrogens with one attached hydrogen (secondary N) is 4. The van der Waals surface area contributed by atoms with Gasteiger partial charge in [-0.15, -0.1) is 12.6 Å². The highest BCUT2D eigenvalue weighted by atomic mass is 32.1. The summed E-state index contributed by atoms with van der Waals surface area (Å²) in [6.07, 6.45) is 10.9. The highest BCUT2D eigenvalue weighted by Crippen LogP contribution is 2.40. The fraction of sp³-hybridized carbons (Fsp3) is 0.441. The number of hydrogen-bond donors (Lipinski definition) is 7. The maximum Gasteiger partial charge on any atom is 0.303 e. The molecule has 9 nitrogen and oxygen atoms in total. The lowest BCUT2D eigenvalue weighted by Crippen LogP contribution is -2.41. The lowest BCUT2D eigenvalue weighted by molar-refractivity contribution is -0.136. The van der Waals surface area contributed by atoms with Crippen LogP contribution in [0, 0.1) is 6.92 Å². The van der Waals surface area contributed by atoms with Crippen molar-refractivity contribution in [2.45, 2.75) is 97.7 Å². The molecule has 1 aromatic heterocycles. The predicted molar refractivity (Wildman–Crippen MR) is 173 cm³/mol. The van der Waals surface area contributed by atoms with Crippen molar-refractivity contribution >= 4 is 30.8 Å². The van der Waals surface area contributed by atoms with Crippen molar-refractivity contribution in [2.75, 3.05) is 0 Å². The van der Waals surface area contributed by atoms with Gasteiger partial charge in [0.05, 0.1) is 12.1 Å². The molecule has 0 radical (unpaired) electrons. The third kappa shape index (κ3) is 5.49. The Morgan fingerprint density at radius 2 is 1.64 bits per heavy atom. The standard InChI is InChI=1S/C34H42N4O5S/c1-7-21-16(2)30-15-34(41)33(20(6)44)19(5)26(38-34)12-24-18(4)23(9-11-32-42-43-32)29(35-24)14-28-22(8-10-31(39)40)17(3)25(36-28)13-27(21)37-30/h12-15,27,29,32,35-38,41,44H,7-11H2,1-6H3,(H,39,40)/b24-12-,25-13-,28-14-,30-15-,33-20+/t27-,29-,34-/m1/s1. The fourth-order valence-corrected chi connectivity index (χ4v) is 7.51. The Balaban J connectivity index is 1.59. The minimum atomic E-state index is -1.46. The molecule has 0 amide bonds. The number of hydrogen-bond acceptors (Lipinski definition) is 8. The van der Waals surface area contributed by atoms with Crippen molar-refractivity contribution in [3.63, 3.8) is 0 Å². The summed E-state index contributed by atoms with van der Waals surface area (Å²) in [5.74, 6) is -0.821. The van der Waals surface area contributed by atoms with Crippen LogP contribution in [0.3, 0.4) is 0 Å². The van der Waals surface area contributed by atoms with Crippen LogP contribution in [0.15, 0.2) is 67.6 Å². The SMILES string of the molecule is CCC1=C(C)/C2=C/[C@]3(O)NC(=C(C)C/3=C(/C)S)/C=C3\N[C@H](/C=c4\[nH]/c(c(C)c4CCC(=O)O)=C\[C@H]1N2)C(CCC1OO1)=C3C. The summed E-state index contributed by atoms with van der Waals surface area (Å²) in [4.78, 5) is 26.1. The number of thiol groups is 1. The molecule has 1 fully saturated rings. The van der Waals surface area contributed by atoms with E-state index in [0.29, 0.717) is 6.42 Å². The van der Waals surface area contributed by atoms with Gasteiger partial charge in [-0.25, -0.2) is 0 Å². The van der Waals surface area contributed by atoms with Gasteiger partial charge in [-0.3, -0.25) is 4.79 Å². The largest absolute Gasteiger partial charge is 0.481 e. The highest BCUT2D eigenvalue weighted by molar-refractivity contribution is 7.84. The smallest absolute Gasteiger partial charge is 0.303 e. The molecule has 0 aliphatic carbocycles. The van der Waals surface area contributed by atoms with Crippen LogP contribution in [0.2, 0.25) is 0 Å². The van der Waals surface area contributed by atoms with Crippen LogP contribution in [0.1, 0.15) is 71.4 Å². The summed E-state index contributed by atoms with van der Waals surface area (Å²) in [6.45, 7) is 12.3. The van der Waals surface area contributed by atoms with Crippen molar-refractivity contribution in [3.05, 3.63) is 89.4 Å². The van der Waals surface area contributed by atoms with Gasteiger partial charge in [-0.05, 0) is 122 Å². The predicted octanol–water partition coefficient (Wildman–Crippen LogP) is 3.51. The normalized spacial score (nSPS) is 31.3. The van der Waals surface area contributed by atoms with E-state index in [4.69, 9.17) is 22.4 Å². The van der Waals surface area contributed by atoms with Crippen molar-refractivity contribution in [2.24, 2.45) is 0 Å². The molecular formula is C34H42N4O5S. The van der Waals surface area contributed by atoms with E-state index in [1.165, 1.54) is 11.1 Å². The number of H-pyrrole nitrogens is 1. The van der Waals surface area contributed by atoms with Gasteiger partial charge in [0.2, 0.25) is 6.29 Å². The Kier molecular flexibility index (Phi) is 7.98. The number of aromatic nitrogens is 1. The average molecular weight is 619 g/mol. The number of carboxylic acid groups (broad SMARTS) is 1. The number of aromatic amines is 1. The van der Waals surface area contributed by atoms with Gasteiger partial charge in [0.25, 0.3) is 0 Å². The van der Waals surface area contributed by atoms with Crippen LogP contribution in [0.4, 0.5) is 0 Å². The van der Waals surface area contributed by atoms with E-state index in [9.17, 15) is 15.0 Å². The van der Waals surface area contributed by atoms with Gasteiger partial charge in [-0.1, -0.05) is 6.92 Å². The van der Waals surface area contributed by atoms with Crippen molar-refractivity contribution in [1.29, 1.82) is 0 Å². The first-order valence-corrected chi connectivity index (χ1v) is 15.8. The van der Waals surface area contributed by atoms with Crippen molar-refractivity contribution in [3.8, 4) is 0 Å². The molecule has 6 N–H and O–H groups in total. The Morgan fingerprint density at radius 1 is 0.977 bits per heavy atom. The van der Waals surface area contributed by atoms with E-state index in [0.717, 1.165) is 85.4 Å². The second kappa shape index (κ2) is 11.5. The fourth-order valence-electron chi connectivity index (χ4n) is 7.17. The minimum Gasteiger partial charge on any atom is -0.481 e. The van der Waals surface area contributed by atoms with Crippen LogP contribution >= 0.6 is 12.6 Å². The third-order valence-electron chi connectivity index (χ3n) is 9.60. The van der Waals surface area contributed by atoms with Crippen LogP contribution in [0.5, 0.6) is 0 Å². The molecule has 234 valence electrons. The van der Waals surface area contributed by atoms with Crippen LogP contribution in [0.25, 0.3) is 12.2 Å². The zero-order valence-corrected chi connectivity index (χ0v) is 27.0. The summed E-state index contributed by atoms with van der Waals surface area (Å²) < 4.78 is 0. The molecule has 0 spiro atoms. The minimum absolute atomic E-state index is 0.0478. The van der Waals surface area contributed by atoms with E-state index in [2.05, 4.69) is 66.9 Å². The van der Waals surface area contributed by atoms with Gasteiger partial charge < -0.3 is 31.1 Å². The zero-order chi connectivity index (χ0) is 31.5. The molecule has 3 atom stereocenters. The third-order valence-corrected chi connectivity index (χ3v) is 9.83. The first-order chi connectivity index (χ1) is 20.9. The summed E-state index contributed by atoms with van der Waals surface area (Å²) in [6, 6.07) is -0.221. The van der Waals surface area contributed by atoms with Crippen LogP contribution in [-0.4, -0.2) is 45.3 Å². The molecule has 0 unspecified atom stereocenters. The Bertz CT molecular complexity index is 1750. The van der Waals surface area contributed by atoms with E-state index in [-0.39, 0.29) is 24.8 Å². The van der Waals surface area contributed by atoms with Crippen LogP contribution in [-0.2, 0) is 21.0 Å². The van der Waals surface area contributed by atoms with Crippen molar-refractivity contribution in [1.82, 2.24) is 20.9 Å². The van der Waals surface area contributed by atoms with Gasteiger partial charge in [0.1, 0.15) is 0 Å². The zero-order valence-electron chi connectivity index (χ0n) is 26.1. The molecule has 1 saturated heterocycles. The van der Waals surface area contributed by atoms with E-state index in [1.807, 2.05) is 19.9 Å². The molecule has 5 aliphatic heterocycles. The first-order valence-electron chi connectivity index (χ1n) is 15.3. The molecule has 5 aliphatic rings. The second-order valence-electron chi connectivity index (χ2n) is 12.3. The van der Waals surface area contributed by atoms with Crippen LogP contribution < -0.4 is 26.6 Å². The number of aliphatic hydroxyl groups is 1. The van der Waals surface area contributed by atoms with Gasteiger partial charge in [0.15, 0.2) is 5.72 Å². The maximum atomic E-state index is 12.2. The molecule has 10 heteroatoms. The van der Waals surface area contributed by atoms with Gasteiger partial charge in [0, 0.05) is 46.2 Å². The van der Waals surface area contributed by atoms with E-state index >= 15 is 0 Å². The first kappa shape index (κ1) is 30.6. The number of fused-ring (bicyclic) bond motifs is 8. The maximum absolute atomic E-state index is 12.2. The Morgan fingerprint density at radius 3 is 2.30 bits per heavy atom. The summed E-state index contributed by atoms with van der Waals surface area (Å²) >= 11 is 4.71. The molecule has 1 aromatic rings. The number of allylic oxidation sites excluding steroid dienone is 4. The quantitative estimate of drug-likeness (QED) is 0.140. The summed E-state index contributed by atoms with van der Waals surface area (Å²) in [5, 5.41) is 34.4. The average Bonchev–Trinajstić information content (AvgIpc) is 3.52. The summed E-state index contributed by atoms with van der Waals surface area (Å²) in [5.41, 5.74) is 9.56.